The van der Waals surface area contributed by atoms with Crippen molar-refractivity contribution in [2.75, 3.05) is 38.5 Å². The lowest BCUT2D eigenvalue weighted by atomic mass is 9.93. The van der Waals surface area contributed by atoms with Gasteiger partial charge < -0.3 is 20.9 Å². The summed E-state index contributed by atoms with van der Waals surface area (Å²) in [6.07, 6.45) is 2.49. The van der Waals surface area contributed by atoms with Gasteiger partial charge in [0.15, 0.2) is 5.96 Å². The molecule has 1 saturated heterocycles. The van der Waals surface area contributed by atoms with E-state index in [0.29, 0.717) is 12.3 Å². The van der Waals surface area contributed by atoms with Crippen molar-refractivity contribution in [2.45, 2.75) is 26.2 Å². The minimum atomic E-state index is -0.138. The predicted molar refractivity (Wildman–Crippen MR) is 104 cm³/mol. The Morgan fingerprint density at radius 2 is 1.85 bits per heavy atom. The average molecular weight is 359 g/mol. The van der Waals surface area contributed by atoms with E-state index < -0.39 is 0 Å². The van der Waals surface area contributed by atoms with Crippen molar-refractivity contribution >= 4 is 23.5 Å². The third-order valence-corrected chi connectivity index (χ3v) is 4.43. The Morgan fingerprint density at radius 1 is 1.15 bits per heavy atom. The second kappa shape index (κ2) is 10.4. The molecule has 0 unspecified atom stereocenters. The van der Waals surface area contributed by atoms with Crippen LogP contribution in [0.25, 0.3) is 0 Å². The summed E-state index contributed by atoms with van der Waals surface area (Å²) in [6.45, 7) is 4.52. The summed E-state index contributed by atoms with van der Waals surface area (Å²) in [7, 11) is 1.67. The third kappa shape index (κ3) is 6.38. The van der Waals surface area contributed by atoms with Crippen LogP contribution in [0.5, 0.6) is 0 Å². The van der Waals surface area contributed by atoms with Gasteiger partial charge in [-0.25, -0.2) is 4.99 Å². The molecule has 0 saturated carbocycles. The van der Waals surface area contributed by atoms with Crippen LogP contribution in [0.2, 0.25) is 0 Å². The van der Waals surface area contributed by atoms with Crippen molar-refractivity contribution in [1.29, 1.82) is 0 Å². The predicted octanol–water partition coefficient (Wildman–Crippen LogP) is 1.44. The maximum absolute atomic E-state index is 12.1. The molecular weight excluding hydrogens is 330 g/mol. The summed E-state index contributed by atoms with van der Waals surface area (Å²) in [5, 5.41) is 8.78. The third-order valence-electron chi connectivity index (χ3n) is 4.43. The molecule has 26 heavy (non-hydrogen) atoms. The van der Waals surface area contributed by atoms with Crippen LogP contribution >= 0.6 is 0 Å². The van der Waals surface area contributed by atoms with Gasteiger partial charge in [0.25, 0.3) is 0 Å². The number of guanidine groups is 1. The number of carbonyl (C=O) groups excluding carboxylic acids is 2. The summed E-state index contributed by atoms with van der Waals surface area (Å²) in [5.74, 6) is 1.13. The number of anilines is 1. The Kier molecular flexibility index (Phi) is 7.92. The number of rotatable bonds is 6. The number of nitrogens with one attached hydrogen (secondary N) is 3. The molecule has 142 valence electrons. The number of likely N-dealkylation sites (tertiary alicyclic amines) is 1. The zero-order chi connectivity index (χ0) is 18.8. The van der Waals surface area contributed by atoms with Crippen LogP contribution in [0, 0.1) is 5.92 Å². The number of hydrogen-bond acceptors (Lipinski definition) is 3. The summed E-state index contributed by atoms with van der Waals surface area (Å²) >= 11 is 0. The molecule has 2 amide bonds. The Hall–Kier alpha value is -2.57. The fraction of sp³-hybridized carbons (Fsp3) is 0.526. The molecule has 0 spiro atoms. The maximum atomic E-state index is 12.1. The summed E-state index contributed by atoms with van der Waals surface area (Å²) in [4.78, 5) is 30.3. The molecule has 0 aromatic heterocycles. The fourth-order valence-corrected chi connectivity index (χ4v) is 3.01. The van der Waals surface area contributed by atoms with Gasteiger partial charge in [0.1, 0.15) is 6.54 Å². The van der Waals surface area contributed by atoms with Gasteiger partial charge in [-0.2, -0.15) is 0 Å². The van der Waals surface area contributed by atoms with Crippen molar-refractivity contribution < 1.29 is 9.59 Å². The van der Waals surface area contributed by atoms with Gasteiger partial charge in [0.2, 0.25) is 11.8 Å². The molecule has 1 aromatic rings. The Labute approximate surface area is 155 Å². The van der Waals surface area contributed by atoms with E-state index in [1.54, 1.807) is 7.05 Å². The molecule has 1 aromatic carbocycles. The van der Waals surface area contributed by atoms with Crippen LogP contribution in [0.15, 0.2) is 35.3 Å². The quantitative estimate of drug-likeness (QED) is 0.530. The molecule has 1 heterocycles. The standard InChI is InChI=1S/C19H29N5O2/c1-3-21-19(22-14-18(26)23-16-7-5-4-6-8-16)24-11-9-15(10-12-24)13-17(25)20-2/h4-8,15H,3,9-14H2,1-2H3,(H,20,25)(H,21,22)(H,23,26). The molecule has 7 heteroatoms. The zero-order valence-corrected chi connectivity index (χ0v) is 15.6. The van der Waals surface area contributed by atoms with E-state index in [1.165, 1.54) is 0 Å². The maximum Gasteiger partial charge on any atom is 0.246 e. The van der Waals surface area contributed by atoms with E-state index in [-0.39, 0.29) is 18.4 Å². The normalized spacial score (nSPS) is 15.5. The molecule has 3 N–H and O–H groups in total. The van der Waals surface area contributed by atoms with Crippen LogP contribution in [0.1, 0.15) is 26.2 Å². The number of carbonyl (C=O) groups is 2. The van der Waals surface area contributed by atoms with E-state index in [2.05, 4.69) is 25.8 Å². The van der Waals surface area contributed by atoms with Crippen LogP contribution in [-0.2, 0) is 9.59 Å². The second-order valence-corrected chi connectivity index (χ2v) is 6.39. The Morgan fingerprint density at radius 3 is 2.46 bits per heavy atom. The van der Waals surface area contributed by atoms with Crippen molar-refractivity contribution in [2.24, 2.45) is 10.9 Å². The smallest absolute Gasteiger partial charge is 0.246 e. The van der Waals surface area contributed by atoms with E-state index in [0.717, 1.165) is 44.1 Å². The fourth-order valence-electron chi connectivity index (χ4n) is 3.01. The second-order valence-electron chi connectivity index (χ2n) is 6.39. The first-order valence-corrected chi connectivity index (χ1v) is 9.21. The van der Waals surface area contributed by atoms with Crippen LogP contribution in [0.4, 0.5) is 5.69 Å². The SMILES string of the molecule is CCNC(=NCC(=O)Nc1ccccc1)N1CCC(CC(=O)NC)CC1. The van der Waals surface area contributed by atoms with E-state index in [1.807, 2.05) is 37.3 Å². The number of piperidine rings is 1. The molecule has 2 rings (SSSR count). The Balaban J connectivity index is 1.86. The monoisotopic (exact) mass is 359 g/mol. The summed E-state index contributed by atoms with van der Waals surface area (Å²) in [5.41, 5.74) is 0.771. The largest absolute Gasteiger partial charge is 0.359 e. The molecule has 0 bridgehead atoms. The van der Waals surface area contributed by atoms with E-state index in [9.17, 15) is 9.59 Å². The molecule has 0 aliphatic carbocycles. The topological polar surface area (TPSA) is 85.8 Å². The number of amides is 2. The van der Waals surface area contributed by atoms with Crippen molar-refractivity contribution in [1.82, 2.24) is 15.5 Å². The highest BCUT2D eigenvalue weighted by atomic mass is 16.2. The lowest BCUT2D eigenvalue weighted by Gasteiger charge is -2.34. The number of hydrogen-bond donors (Lipinski definition) is 3. The molecule has 0 radical (unpaired) electrons. The van der Waals surface area contributed by atoms with Gasteiger partial charge in [-0.15, -0.1) is 0 Å². The first-order chi connectivity index (χ1) is 12.6. The summed E-state index contributed by atoms with van der Waals surface area (Å²) < 4.78 is 0. The highest BCUT2D eigenvalue weighted by molar-refractivity contribution is 5.94. The first-order valence-electron chi connectivity index (χ1n) is 9.21. The number of benzene rings is 1. The van der Waals surface area contributed by atoms with Crippen LogP contribution < -0.4 is 16.0 Å². The Bertz CT molecular complexity index is 610. The molecule has 0 atom stereocenters. The zero-order valence-electron chi connectivity index (χ0n) is 15.6. The molecule has 1 aliphatic rings. The summed E-state index contributed by atoms with van der Waals surface area (Å²) in [6, 6.07) is 9.37. The van der Waals surface area contributed by atoms with Crippen molar-refractivity contribution in [3.05, 3.63) is 30.3 Å². The van der Waals surface area contributed by atoms with Crippen LogP contribution in [0.3, 0.4) is 0 Å². The van der Waals surface area contributed by atoms with Crippen molar-refractivity contribution in [3.8, 4) is 0 Å². The minimum absolute atomic E-state index is 0.0788. The average Bonchev–Trinajstić information content (AvgIpc) is 2.66. The highest BCUT2D eigenvalue weighted by Crippen LogP contribution is 2.20. The number of aliphatic imine (C=N–C) groups is 1. The van der Waals surface area contributed by atoms with Gasteiger partial charge in [0.05, 0.1) is 0 Å². The lowest BCUT2D eigenvalue weighted by Crippen LogP contribution is -2.46. The highest BCUT2D eigenvalue weighted by Gasteiger charge is 2.23. The van der Waals surface area contributed by atoms with E-state index in [4.69, 9.17) is 0 Å². The molecule has 1 fully saturated rings. The van der Waals surface area contributed by atoms with Crippen molar-refractivity contribution in [3.63, 3.8) is 0 Å². The number of nitrogens with zero attached hydrogens (tertiary/aromatic N) is 2. The van der Waals surface area contributed by atoms with Gasteiger partial charge in [-0.1, -0.05) is 18.2 Å². The van der Waals surface area contributed by atoms with Crippen LogP contribution in [-0.4, -0.2) is 55.9 Å². The molecule has 1 aliphatic heterocycles. The number of para-hydroxylation sites is 1. The lowest BCUT2D eigenvalue weighted by molar-refractivity contribution is -0.121. The molecule has 7 nitrogen and oxygen atoms in total. The van der Waals surface area contributed by atoms with E-state index >= 15 is 0 Å². The van der Waals surface area contributed by atoms with Gasteiger partial charge in [0, 0.05) is 38.8 Å². The molecular formula is C19H29N5O2. The van der Waals surface area contributed by atoms with Gasteiger partial charge in [-0.3, -0.25) is 9.59 Å². The van der Waals surface area contributed by atoms with Gasteiger partial charge in [-0.05, 0) is 37.8 Å². The minimum Gasteiger partial charge on any atom is -0.359 e. The van der Waals surface area contributed by atoms with Gasteiger partial charge >= 0.3 is 0 Å². The first kappa shape index (κ1) is 19.8.